The van der Waals surface area contributed by atoms with E-state index in [0.29, 0.717) is 32.8 Å². The molecule has 1 heterocycles. The highest BCUT2D eigenvalue weighted by molar-refractivity contribution is 6.39. The summed E-state index contributed by atoms with van der Waals surface area (Å²) in [7, 11) is 1.32. The lowest BCUT2D eigenvalue weighted by atomic mass is 10.2. The molecule has 0 amide bonds. The lowest BCUT2D eigenvalue weighted by molar-refractivity contribution is 0.0602. The van der Waals surface area contributed by atoms with Crippen LogP contribution in [-0.4, -0.2) is 28.3 Å². The molecule has 3 aromatic rings. The van der Waals surface area contributed by atoms with Crippen LogP contribution < -0.4 is 10.6 Å². The summed E-state index contributed by atoms with van der Waals surface area (Å²) in [5, 5.41) is 14.6. The summed E-state index contributed by atoms with van der Waals surface area (Å²) >= 11 is 12.3. The van der Waals surface area contributed by atoms with Crippen molar-refractivity contribution in [2.45, 2.75) is 0 Å². The van der Waals surface area contributed by atoms with Gasteiger partial charge in [-0.25, -0.2) is 4.79 Å². The number of carbonyl (C=O) groups excluding carboxylic acids is 1. The number of ether oxygens (including phenoxy) is 1. The van der Waals surface area contributed by atoms with Crippen molar-refractivity contribution in [3.63, 3.8) is 0 Å². The summed E-state index contributed by atoms with van der Waals surface area (Å²) in [4.78, 5) is 16.2. The smallest absolute Gasteiger partial charge is 0.339 e. The van der Waals surface area contributed by atoms with E-state index in [-0.39, 0.29) is 5.95 Å². The maximum absolute atomic E-state index is 11.9. The number of halogens is 2. The van der Waals surface area contributed by atoms with E-state index < -0.39 is 5.97 Å². The van der Waals surface area contributed by atoms with Crippen LogP contribution in [0, 0.1) is 0 Å². The molecule has 2 N–H and O–H groups in total. The molecule has 0 aliphatic rings. The van der Waals surface area contributed by atoms with Crippen molar-refractivity contribution in [2.75, 3.05) is 17.7 Å². The number of nitrogens with one attached hydrogen (secondary N) is 2. The first-order valence-electron chi connectivity index (χ1n) is 7.43. The Morgan fingerprint density at radius 3 is 2.50 bits per heavy atom. The van der Waals surface area contributed by atoms with Gasteiger partial charge >= 0.3 is 5.97 Å². The number of benzene rings is 2. The molecule has 9 heteroatoms. The van der Waals surface area contributed by atoms with Crippen molar-refractivity contribution in [3.05, 3.63) is 64.3 Å². The Hall–Kier alpha value is -2.90. The second kappa shape index (κ2) is 7.99. The molecule has 3 rings (SSSR count). The van der Waals surface area contributed by atoms with Crippen LogP contribution in [0.5, 0.6) is 0 Å². The first-order valence-corrected chi connectivity index (χ1v) is 8.19. The molecule has 26 heavy (non-hydrogen) atoms. The molecule has 0 unspecified atom stereocenters. The molecular formula is C17H13Cl2N5O2. The Balaban J connectivity index is 1.86. The Labute approximate surface area is 159 Å². The van der Waals surface area contributed by atoms with E-state index in [0.717, 1.165) is 0 Å². The maximum atomic E-state index is 11.9. The molecule has 1 aromatic heterocycles. The molecule has 0 spiro atoms. The lowest BCUT2D eigenvalue weighted by Gasteiger charge is -2.11. The third kappa shape index (κ3) is 4.01. The Morgan fingerprint density at radius 2 is 1.77 bits per heavy atom. The fourth-order valence-electron chi connectivity index (χ4n) is 2.16. The zero-order chi connectivity index (χ0) is 18.5. The van der Waals surface area contributed by atoms with Crippen molar-refractivity contribution < 1.29 is 9.53 Å². The number of carbonyl (C=O) groups is 1. The molecule has 0 atom stereocenters. The fraction of sp³-hybridized carbons (Fsp3) is 0.0588. The molecule has 0 saturated carbocycles. The van der Waals surface area contributed by atoms with Gasteiger partial charge < -0.3 is 15.4 Å². The molecule has 0 bridgehead atoms. The van der Waals surface area contributed by atoms with Crippen LogP contribution in [0.4, 0.5) is 23.1 Å². The zero-order valence-electron chi connectivity index (χ0n) is 13.5. The van der Waals surface area contributed by atoms with E-state index in [9.17, 15) is 4.79 Å². The van der Waals surface area contributed by atoms with Gasteiger partial charge in [0.05, 0.1) is 40.3 Å². The van der Waals surface area contributed by atoms with E-state index in [1.54, 1.807) is 42.5 Å². The minimum Gasteiger partial charge on any atom is -0.465 e. The molecule has 0 radical (unpaired) electrons. The molecular weight excluding hydrogens is 377 g/mol. The van der Waals surface area contributed by atoms with Gasteiger partial charge in [0.1, 0.15) is 0 Å². The summed E-state index contributed by atoms with van der Waals surface area (Å²) in [6, 6.07) is 12.0. The summed E-state index contributed by atoms with van der Waals surface area (Å²) in [5.41, 5.74) is 1.38. The third-order valence-corrected chi connectivity index (χ3v) is 3.98. The quantitative estimate of drug-likeness (QED) is 0.622. The molecule has 2 aromatic carbocycles. The SMILES string of the molecule is COC(=O)c1ccccc1Nc1cnnc(Nc2c(Cl)cccc2Cl)n1. The zero-order valence-corrected chi connectivity index (χ0v) is 15.0. The highest BCUT2D eigenvalue weighted by atomic mass is 35.5. The number of methoxy groups -OCH3 is 1. The van der Waals surface area contributed by atoms with Gasteiger partial charge in [0.2, 0.25) is 5.95 Å². The van der Waals surface area contributed by atoms with Gasteiger partial charge in [-0.3, -0.25) is 0 Å². The number of anilines is 4. The molecule has 7 nitrogen and oxygen atoms in total. The van der Waals surface area contributed by atoms with E-state index in [1.807, 2.05) is 0 Å². The van der Waals surface area contributed by atoms with Crippen molar-refractivity contribution >= 4 is 52.3 Å². The molecule has 0 aliphatic heterocycles. The summed E-state index contributed by atoms with van der Waals surface area (Å²) < 4.78 is 4.77. The van der Waals surface area contributed by atoms with Crippen molar-refractivity contribution in [1.82, 2.24) is 15.2 Å². The number of hydrogen-bond acceptors (Lipinski definition) is 7. The maximum Gasteiger partial charge on any atom is 0.339 e. The molecule has 132 valence electrons. The van der Waals surface area contributed by atoms with Gasteiger partial charge in [-0.05, 0) is 24.3 Å². The van der Waals surface area contributed by atoms with Crippen LogP contribution in [0.1, 0.15) is 10.4 Å². The molecule has 0 saturated heterocycles. The van der Waals surface area contributed by atoms with Crippen molar-refractivity contribution in [2.24, 2.45) is 0 Å². The number of nitrogens with zero attached hydrogens (tertiary/aromatic N) is 3. The van der Waals surface area contributed by atoms with Crippen LogP contribution in [0.15, 0.2) is 48.7 Å². The first kappa shape index (κ1) is 17.9. The number of rotatable bonds is 5. The molecule has 0 fully saturated rings. The van der Waals surface area contributed by atoms with Crippen LogP contribution in [0.2, 0.25) is 10.0 Å². The number of hydrogen-bond donors (Lipinski definition) is 2. The van der Waals surface area contributed by atoms with Crippen LogP contribution in [0.25, 0.3) is 0 Å². The third-order valence-electron chi connectivity index (χ3n) is 3.35. The Kier molecular flexibility index (Phi) is 5.50. The number of esters is 1. The average molecular weight is 390 g/mol. The minimum absolute atomic E-state index is 0.195. The van der Waals surface area contributed by atoms with E-state index in [2.05, 4.69) is 25.8 Å². The monoisotopic (exact) mass is 389 g/mol. The second-order valence-corrected chi connectivity index (χ2v) is 5.86. The standard InChI is InChI=1S/C17H13Cl2N5O2/c1-26-16(25)10-5-2-3-8-13(10)21-14-9-20-24-17(22-14)23-15-11(18)6-4-7-12(15)19/h2-9H,1H3,(H2,21,22,23,24). The van der Waals surface area contributed by atoms with E-state index >= 15 is 0 Å². The Bertz CT molecular complexity index is 932. The van der Waals surface area contributed by atoms with Crippen LogP contribution in [0.3, 0.4) is 0 Å². The van der Waals surface area contributed by atoms with Gasteiger partial charge in [-0.2, -0.15) is 10.1 Å². The predicted molar refractivity (Wildman–Crippen MR) is 101 cm³/mol. The predicted octanol–water partition coefficient (Wildman–Crippen LogP) is 4.45. The fourth-order valence-corrected chi connectivity index (χ4v) is 2.66. The van der Waals surface area contributed by atoms with Gasteiger partial charge in [0.15, 0.2) is 5.82 Å². The summed E-state index contributed by atoms with van der Waals surface area (Å²) in [6.45, 7) is 0. The van der Waals surface area contributed by atoms with Gasteiger partial charge in [0, 0.05) is 0 Å². The first-order chi connectivity index (χ1) is 12.6. The molecule has 0 aliphatic carbocycles. The highest BCUT2D eigenvalue weighted by Crippen LogP contribution is 2.31. The van der Waals surface area contributed by atoms with Gasteiger partial charge in [0.25, 0.3) is 0 Å². The highest BCUT2D eigenvalue weighted by Gasteiger charge is 2.13. The Morgan fingerprint density at radius 1 is 1.04 bits per heavy atom. The number of para-hydroxylation sites is 2. The van der Waals surface area contributed by atoms with Crippen molar-refractivity contribution in [3.8, 4) is 0 Å². The second-order valence-electron chi connectivity index (χ2n) is 5.05. The lowest BCUT2D eigenvalue weighted by Crippen LogP contribution is -2.07. The number of aromatic nitrogens is 3. The van der Waals surface area contributed by atoms with Gasteiger partial charge in [-0.15, -0.1) is 5.10 Å². The minimum atomic E-state index is -0.462. The van der Waals surface area contributed by atoms with E-state index in [4.69, 9.17) is 27.9 Å². The van der Waals surface area contributed by atoms with Crippen LogP contribution >= 0.6 is 23.2 Å². The van der Waals surface area contributed by atoms with E-state index in [1.165, 1.54) is 13.3 Å². The normalized spacial score (nSPS) is 10.3. The summed E-state index contributed by atoms with van der Waals surface area (Å²) in [5.74, 6) is 0.110. The summed E-state index contributed by atoms with van der Waals surface area (Å²) in [6.07, 6.45) is 1.42. The average Bonchev–Trinajstić information content (AvgIpc) is 2.65. The van der Waals surface area contributed by atoms with Gasteiger partial charge in [-0.1, -0.05) is 41.4 Å². The largest absolute Gasteiger partial charge is 0.465 e. The topological polar surface area (TPSA) is 89.0 Å². The van der Waals surface area contributed by atoms with Crippen LogP contribution in [-0.2, 0) is 4.74 Å². The van der Waals surface area contributed by atoms with Crippen molar-refractivity contribution in [1.29, 1.82) is 0 Å².